The van der Waals surface area contributed by atoms with Gasteiger partial charge in [0.1, 0.15) is 0 Å². The molecule has 1 aliphatic rings. The maximum atomic E-state index is 11.4. The van der Waals surface area contributed by atoms with Gasteiger partial charge in [-0.15, -0.1) is 11.3 Å². The molecular formula is C24H33Cl2N3O3S. The number of hydrogen-bond donors (Lipinski definition) is 3. The third-order valence-corrected chi connectivity index (χ3v) is 7.64. The number of carboxylic acids is 1. The average molecular weight is 515 g/mol. The lowest BCUT2D eigenvalue weighted by molar-refractivity contribution is -0.137. The van der Waals surface area contributed by atoms with Gasteiger partial charge in [-0.2, -0.15) is 0 Å². The molecule has 9 heteroatoms. The molecule has 1 saturated carbocycles. The molecule has 1 aromatic heterocycles. The van der Waals surface area contributed by atoms with Crippen molar-refractivity contribution in [1.82, 2.24) is 10.2 Å². The van der Waals surface area contributed by atoms with Crippen molar-refractivity contribution in [1.29, 1.82) is 0 Å². The molecule has 2 aromatic rings. The van der Waals surface area contributed by atoms with Crippen LogP contribution >= 0.6 is 34.5 Å². The molecule has 33 heavy (non-hydrogen) atoms. The first kappa shape index (κ1) is 27.6. The lowest BCUT2D eigenvalue weighted by atomic mass is 9.78. The van der Waals surface area contributed by atoms with E-state index in [2.05, 4.69) is 41.8 Å². The largest absolute Gasteiger partial charge is 0.481 e. The van der Waals surface area contributed by atoms with Gasteiger partial charge in [-0.1, -0.05) is 29.3 Å². The topological polar surface area (TPSA) is 95.7 Å². The number of carboxylic acid groups (broad SMARTS) is 1. The highest BCUT2D eigenvalue weighted by molar-refractivity contribution is 7.10. The number of carbonyl (C=O) groups is 2. The zero-order valence-electron chi connectivity index (χ0n) is 19.2. The number of nitrogens with zero attached hydrogens (tertiary/aromatic N) is 1. The normalized spacial score (nSPS) is 20.1. The second-order valence-corrected chi connectivity index (χ2v) is 10.3. The van der Waals surface area contributed by atoms with E-state index in [4.69, 9.17) is 34.0 Å². The van der Waals surface area contributed by atoms with Crippen molar-refractivity contribution in [2.75, 3.05) is 14.1 Å². The van der Waals surface area contributed by atoms with E-state index in [1.165, 1.54) is 17.7 Å². The molecule has 1 amide bonds. The fourth-order valence-corrected chi connectivity index (χ4v) is 5.38. The van der Waals surface area contributed by atoms with Crippen molar-refractivity contribution >= 4 is 46.4 Å². The molecule has 6 nitrogen and oxygen atoms in total. The molecule has 1 aliphatic carbocycles. The Morgan fingerprint density at radius 2 is 1.91 bits per heavy atom. The molecular weight excluding hydrogens is 481 g/mol. The Morgan fingerprint density at radius 1 is 1.21 bits per heavy atom. The van der Waals surface area contributed by atoms with Crippen molar-refractivity contribution < 1.29 is 14.7 Å². The first-order chi connectivity index (χ1) is 15.6. The van der Waals surface area contributed by atoms with E-state index in [0.29, 0.717) is 22.5 Å². The van der Waals surface area contributed by atoms with Gasteiger partial charge in [-0.25, -0.2) is 0 Å². The van der Waals surface area contributed by atoms with Gasteiger partial charge in [0.05, 0.1) is 5.54 Å². The van der Waals surface area contributed by atoms with E-state index >= 15 is 0 Å². The molecule has 0 bridgehead atoms. The summed E-state index contributed by atoms with van der Waals surface area (Å²) in [6.45, 7) is 0.283. The number of benzene rings is 1. The van der Waals surface area contributed by atoms with Gasteiger partial charge in [-0.3, -0.25) is 14.5 Å². The molecule has 3 rings (SSSR count). The van der Waals surface area contributed by atoms with Crippen LogP contribution in [0.5, 0.6) is 0 Å². The van der Waals surface area contributed by atoms with Gasteiger partial charge in [0.15, 0.2) is 0 Å². The van der Waals surface area contributed by atoms with Crippen molar-refractivity contribution in [2.24, 2.45) is 5.73 Å². The summed E-state index contributed by atoms with van der Waals surface area (Å²) in [6.07, 6.45) is 5.19. The second-order valence-electron chi connectivity index (χ2n) is 8.50. The van der Waals surface area contributed by atoms with E-state index in [9.17, 15) is 9.59 Å². The fourth-order valence-electron chi connectivity index (χ4n) is 3.94. The SMILES string of the molecule is CN(C)C1(c2cccs2)CCC(N)CC1.O=C(O)CCCC(=O)NCc1cc(Cl)ccc1Cl. The second kappa shape index (κ2) is 13.3. The molecule has 1 aromatic carbocycles. The number of hydrogen-bond acceptors (Lipinski definition) is 5. The predicted octanol–water partition coefficient (Wildman–Crippen LogP) is 5.27. The molecule has 182 valence electrons. The minimum atomic E-state index is -0.902. The van der Waals surface area contributed by atoms with E-state index in [0.717, 1.165) is 18.4 Å². The number of amides is 1. The van der Waals surface area contributed by atoms with Crippen LogP contribution in [0.25, 0.3) is 0 Å². The van der Waals surface area contributed by atoms with Crippen LogP contribution in [-0.2, 0) is 21.7 Å². The van der Waals surface area contributed by atoms with Crippen LogP contribution in [0.2, 0.25) is 10.0 Å². The lowest BCUT2D eigenvalue weighted by Gasteiger charge is -2.44. The maximum absolute atomic E-state index is 11.4. The molecule has 1 fully saturated rings. The smallest absolute Gasteiger partial charge is 0.303 e. The molecule has 0 saturated heterocycles. The van der Waals surface area contributed by atoms with Crippen molar-refractivity contribution in [3.05, 3.63) is 56.2 Å². The van der Waals surface area contributed by atoms with E-state index in [1.54, 1.807) is 18.2 Å². The number of halogens is 2. The molecule has 1 heterocycles. The molecule has 4 N–H and O–H groups in total. The number of nitrogens with one attached hydrogen (secondary N) is 1. The number of thiophene rings is 1. The Labute approximate surface area is 210 Å². The summed E-state index contributed by atoms with van der Waals surface area (Å²) in [5, 5.41) is 14.4. The Hall–Kier alpha value is -1.64. The molecule has 0 aliphatic heterocycles. The standard InChI is InChI=1S/C12H13Cl2NO3.C12H20N2S/c13-9-4-5-10(14)8(6-9)7-15-11(16)2-1-3-12(17)18;1-14(2)12(11-4-3-9-15-11)7-5-10(13)6-8-12/h4-6H,1-3,7H2,(H,15,16)(H,17,18);3-4,9-10H,5-8,13H2,1-2H3. The summed E-state index contributed by atoms with van der Waals surface area (Å²) in [5.74, 6) is -1.10. The third-order valence-electron chi connectivity index (χ3n) is 5.97. The molecule has 0 atom stereocenters. The zero-order chi connectivity index (χ0) is 24.4. The van der Waals surface area contributed by atoms with Gasteiger partial charge in [0.2, 0.25) is 5.91 Å². The van der Waals surface area contributed by atoms with Crippen molar-refractivity contribution in [3.8, 4) is 0 Å². The first-order valence-corrected chi connectivity index (χ1v) is 12.7. The maximum Gasteiger partial charge on any atom is 0.303 e. The predicted molar refractivity (Wildman–Crippen MR) is 136 cm³/mol. The highest BCUT2D eigenvalue weighted by Gasteiger charge is 2.38. The van der Waals surface area contributed by atoms with Crippen LogP contribution in [0, 0.1) is 0 Å². The Morgan fingerprint density at radius 3 is 2.48 bits per heavy atom. The number of aliphatic carboxylic acids is 1. The van der Waals surface area contributed by atoms with Gasteiger partial charge >= 0.3 is 5.97 Å². The first-order valence-electron chi connectivity index (χ1n) is 11.0. The summed E-state index contributed by atoms with van der Waals surface area (Å²) in [6, 6.07) is 9.85. The summed E-state index contributed by atoms with van der Waals surface area (Å²) >= 11 is 13.6. The monoisotopic (exact) mass is 513 g/mol. The molecule has 0 unspecified atom stereocenters. The van der Waals surface area contributed by atoms with Gasteiger partial charge < -0.3 is 16.2 Å². The van der Waals surface area contributed by atoms with E-state index in [1.807, 2.05) is 11.3 Å². The van der Waals surface area contributed by atoms with Crippen LogP contribution in [0.1, 0.15) is 55.4 Å². The summed E-state index contributed by atoms with van der Waals surface area (Å²) < 4.78 is 0. The lowest BCUT2D eigenvalue weighted by Crippen LogP contribution is -2.46. The van der Waals surface area contributed by atoms with Crippen LogP contribution in [0.3, 0.4) is 0 Å². The minimum absolute atomic E-state index is 0.00859. The highest BCUT2D eigenvalue weighted by atomic mass is 35.5. The molecule has 0 radical (unpaired) electrons. The Bertz CT molecular complexity index is 898. The minimum Gasteiger partial charge on any atom is -0.481 e. The van der Waals surface area contributed by atoms with Crippen LogP contribution < -0.4 is 11.1 Å². The van der Waals surface area contributed by atoms with Crippen LogP contribution in [0.15, 0.2) is 35.7 Å². The van der Waals surface area contributed by atoms with E-state index in [-0.39, 0.29) is 30.8 Å². The average Bonchev–Trinajstić information content (AvgIpc) is 3.30. The Balaban J connectivity index is 0.000000237. The molecule has 0 spiro atoms. The van der Waals surface area contributed by atoms with Crippen molar-refractivity contribution in [2.45, 2.75) is 63.1 Å². The number of carbonyl (C=O) groups excluding carboxylic acids is 1. The Kier molecular flexibility index (Phi) is 11.1. The highest BCUT2D eigenvalue weighted by Crippen LogP contribution is 2.42. The fraction of sp³-hybridized carbons (Fsp3) is 0.500. The van der Waals surface area contributed by atoms with Crippen LogP contribution in [-0.4, -0.2) is 42.0 Å². The van der Waals surface area contributed by atoms with Gasteiger partial charge in [-0.05, 0) is 81.4 Å². The van der Waals surface area contributed by atoms with Crippen LogP contribution in [0.4, 0.5) is 0 Å². The number of rotatable bonds is 8. The van der Waals surface area contributed by atoms with Crippen molar-refractivity contribution in [3.63, 3.8) is 0 Å². The quantitative estimate of drug-likeness (QED) is 0.446. The summed E-state index contributed by atoms with van der Waals surface area (Å²) in [4.78, 5) is 25.6. The zero-order valence-corrected chi connectivity index (χ0v) is 21.5. The van der Waals surface area contributed by atoms with Gasteiger partial charge in [0.25, 0.3) is 0 Å². The third kappa shape index (κ3) is 8.58. The van der Waals surface area contributed by atoms with E-state index < -0.39 is 5.97 Å². The van der Waals surface area contributed by atoms with Gasteiger partial charge in [0, 0.05) is 40.4 Å². The number of nitrogens with two attached hydrogens (primary N) is 1. The summed E-state index contributed by atoms with van der Waals surface area (Å²) in [5.41, 5.74) is 6.98. The summed E-state index contributed by atoms with van der Waals surface area (Å²) in [7, 11) is 4.38.